The van der Waals surface area contributed by atoms with Crippen molar-refractivity contribution in [1.29, 1.82) is 0 Å². The number of halogens is 1. The van der Waals surface area contributed by atoms with Gasteiger partial charge in [0.15, 0.2) is 18.1 Å². The van der Waals surface area contributed by atoms with Gasteiger partial charge in [0.2, 0.25) is 0 Å². The number of fused-ring (bicyclic) bond motifs is 1. The second-order valence-corrected chi connectivity index (χ2v) is 11.9. The molecule has 41 heavy (non-hydrogen) atoms. The molecule has 0 bridgehead atoms. The summed E-state index contributed by atoms with van der Waals surface area (Å²) < 4.78 is 12.7. The number of amides is 1. The third-order valence-corrected chi connectivity index (χ3v) is 8.55. The summed E-state index contributed by atoms with van der Waals surface area (Å²) in [7, 11) is 1.60. The zero-order valence-electron chi connectivity index (χ0n) is 24.4. The molecule has 1 atom stereocenters. The Kier molecular flexibility index (Phi) is 9.95. The molecule has 9 nitrogen and oxygen atoms in total. The van der Waals surface area contributed by atoms with Gasteiger partial charge in [-0.2, -0.15) is 0 Å². The summed E-state index contributed by atoms with van der Waals surface area (Å²) in [6, 6.07) is 11.9. The van der Waals surface area contributed by atoms with E-state index in [2.05, 4.69) is 60.1 Å². The highest BCUT2D eigenvalue weighted by Gasteiger charge is 2.23. The third kappa shape index (κ3) is 7.67. The number of piperidine rings is 1. The van der Waals surface area contributed by atoms with Crippen molar-refractivity contribution in [2.45, 2.75) is 39.2 Å². The Labute approximate surface area is 251 Å². The van der Waals surface area contributed by atoms with Gasteiger partial charge in [0.05, 0.1) is 18.7 Å². The second kappa shape index (κ2) is 13.8. The molecular formula is C31H41BrN6O3. The molecule has 2 aromatic carbocycles. The Morgan fingerprint density at radius 3 is 2.41 bits per heavy atom. The van der Waals surface area contributed by atoms with Gasteiger partial charge in [0.25, 0.3) is 5.91 Å². The minimum atomic E-state index is -0.0370. The molecule has 10 heteroatoms. The number of aryl methyl sites for hydroxylation is 1. The van der Waals surface area contributed by atoms with E-state index in [0.717, 1.165) is 66.0 Å². The average Bonchev–Trinajstić information content (AvgIpc) is 2.99. The fraction of sp³-hybridized carbons (Fsp3) is 0.516. The van der Waals surface area contributed by atoms with Crippen molar-refractivity contribution in [2.75, 3.05) is 71.4 Å². The van der Waals surface area contributed by atoms with Crippen molar-refractivity contribution in [2.24, 2.45) is 0 Å². The molecule has 2 saturated heterocycles. The van der Waals surface area contributed by atoms with Crippen LogP contribution in [0.25, 0.3) is 10.9 Å². The van der Waals surface area contributed by atoms with Gasteiger partial charge in [-0.3, -0.25) is 9.69 Å². The monoisotopic (exact) mass is 624 g/mol. The quantitative estimate of drug-likeness (QED) is 0.341. The Morgan fingerprint density at radius 2 is 1.71 bits per heavy atom. The summed E-state index contributed by atoms with van der Waals surface area (Å²) >= 11 is 3.55. The van der Waals surface area contributed by atoms with E-state index in [1.165, 1.54) is 32.4 Å². The van der Waals surface area contributed by atoms with Crippen LogP contribution in [0.5, 0.6) is 11.5 Å². The van der Waals surface area contributed by atoms with E-state index in [0.29, 0.717) is 17.3 Å². The van der Waals surface area contributed by atoms with Gasteiger partial charge in [-0.1, -0.05) is 34.5 Å². The third-order valence-electron chi connectivity index (χ3n) is 8.05. The number of nitrogens with one attached hydrogen (secondary N) is 1. The van der Waals surface area contributed by atoms with Gasteiger partial charge in [-0.15, -0.1) is 0 Å². The normalized spacial score (nSPS) is 17.4. The Balaban J connectivity index is 1.20. The summed E-state index contributed by atoms with van der Waals surface area (Å²) in [6.45, 7) is 11.9. The number of methoxy groups -OCH3 is 1. The number of carbonyl (C=O) groups excluding carboxylic acids is 1. The number of anilines is 1. The molecular weight excluding hydrogens is 584 g/mol. The summed E-state index contributed by atoms with van der Waals surface area (Å²) in [5, 5.41) is 4.36. The van der Waals surface area contributed by atoms with E-state index in [1.54, 1.807) is 7.11 Å². The fourth-order valence-electron chi connectivity index (χ4n) is 5.62. The highest BCUT2D eigenvalue weighted by atomic mass is 79.9. The van der Waals surface area contributed by atoms with E-state index in [-0.39, 0.29) is 18.6 Å². The zero-order valence-corrected chi connectivity index (χ0v) is 26.0. The van der Waals surface area contributed by atoms with Gasteiger partial charge in [-0.25, -0.2) is 9.97 Å². The number of hydrogen-bond acceptors (Lipinski definition) is 8. The molecule has 0 spiro atoms. The predicted octanol–water partition coefficient (Wildman–Crippen LogP) is 4.89. The zero-order chi connectivity index (χ0) is 28.8. The van der Waals surface area contributed by atoms with E-state index >= 15 is 0 Å². The second-order valence-electron chi connectivity index (χ2n) is 11.0. The molecule has 1 N–H and O–H groups in total. The molecule has 3 heterocycles. The number of piperazine rings is 1. The molecule has 1 aromatic heterocycles. The topological polar surface area (TPSA) is 83.1 Å². The van der Waals surface area contributed by atoms with Gasteiger partial charge in [-0.05, 0) is 63.5 Å². The summed E-state index contributed by atoms with van der Waals surface area (Å²) in [5.74, 6) is 2.40. The SMILES string of the molecule is COc1cc2c(N[C@H](C)c3cccc(Br)c3)nc(C)nc2cc1OCC(=O)N1CCN(CCN2CCCCC2)CC1. The standard InChI is InChI=1S/C31H41BrN6O3/c1-22(24-8-7-9-25(32)18-24)33-31-26-19-28(40-3)29(20-27(26)34-23(2)35-31)41-21-30(39)38-16-14-37(15-17-38)13-12-36-10-5-4-6-11-36/h7-9,18-20,22H,4-6,10-17,21H2,1-3H3,(H,33,34,35)/t22-/m1/s1. The number of carbonyl (C=O) groups is 1. The van der Waals surface area contributed by atoms with Crippen molar-refractivity contribution in [3.05, 3.63) is 52.3 Å². The highest BCUT2D eigenvalue weighted by molar-refractivity contribution is 9.10. The lowest BCUT2D eigenvalue weighted by Crippen LogP contribution is -2.51. The van der Waals surface area contributed by atoms with Crippen LogP contribution in [0.15, 0.2) is 40.9 Å². The van der Waals surface area contributed by atoms with Crippen LogP contribution < -0.4 is 14.8 Å². The predicted molar refractivity (Wildman–Crippen MR) is 166 cm³/mol. The fourth-order valence-corrected chi connectivity index (χ4v) is 6.03. The first kappa shape index (κ1) is 29.5. The number of ether oxygens (including phenoxy) is 2. The molecule has 0 aliphatic carbocycles. The van der Waals surface area contributed by atoms with Gasteiger partial charge in [0, 0.05) is 55.2 Å². The molecule has 2 aliphatic heterocycles. The van der Waals surface area contributed by atoms with Crippen LogP contribution in [0.4, 0.5) is 5.82 Å². The van der Waals surface area contributed by atoms with Gasteiger partial charge in [0.1, 0.15) is 11.6 Å². The number of rotatable bonds is 10. The van der Waals surface area contributed by atoms with Crippen molar-refractivity contribution in [1.82, 2.24) is 24.7 Å². The molecule has 0 unspecified atom stereocenters. The molecule has 220 valence electrons. The molecule has 2 aliphatic rings. The van der Waals surface area contributed by atoms with E-state index in [9.17, 15) is 4.79 Å². The van der Waals surface area contributed by atoms with Crippen LogP contribution in [0, 0.1) is 6.92 Å². The van der Waals surface area contributed by atoms with Crippen LogP contribution in [-0.2, 0) is 4.79 Å². The van der Waals surface area contributed by atoms with E-state index < -0.39 is 0 Å². The largest absolute Gasteiger partial charge is 0.493 e. The molecule has 2 fully saturated rings. The average molecular weight is 626 g/mol. The van der Waals surface area contributed by atoms with Crippen molar-refractivity contribution in [3.8, 4) is 11.5 Å². The van der Waals surface area contributed by atoms with Crippen LogP contribution in [-0.4, -0.2) is 96.6 Å². The summed E-state index contributed by atoms with van der Waals surface area (Å²) in [5.41, 5.74) is 1.86. The minimum Gasteiger partial charge on any atom is -0.493 e. The summed E-state index contributed by atoms with van der Waals surface area (Å²) in [6.07, 6.45) is 4.00. The maximum Gasteiger partial charge on any atom is 0.260 e. The van der Waals surface area contributed by atoms with E-state index in [1.807, 2.05) is 36.1 Å². The van der Waals surface area contributed by atoms with E-state index in [4.69, 9.17) is 9.47 Å². The Bertz CT molecular complexity index is 1340. The Hall–Kier alpha value is -2.95. The van der Waals surface area contributed by atoms with Gasteiger partial charge >= 0.3 is 0 Å². The number of aromatic nitrogens is 2. The lowest BCUT2D eigenvalue weighted by molar-refractivity contribution is -0.135. The molecule has 1 amide bonds. The lowest BCUT2D eigenvalue weighted by Gasteiger charge is -2.36. The van der Waals surface area contributed by atoms with Crippen molar-refractivity contribution >= 4 is 38.6 Å². The molecule has 0 saturated carbocycles. The summed E-state index contributed by atoms with van der Waals surface area (Å²) in [4.78, 5) is 29.3. The minimum absolute atomic E-state index is 0.00750. The lowest BCUT2D eigenvalue weighted by atomic mass is 10.1. The van der Waals surface area contributed by atoms with Crippen LogP contribution in [0.1, 0.15) is 43.6 Å². The smallest absolute Gasteiger partial charge is 0.260 e. The van der Waals surface area contributed by atoms with Crippen LogP contribution >= 0.6 is 15.9 Å². The maximum absolute atomic E-state index is 13.0. The first-order valence-corrected chi connectivity index (χ1v) is 15.4. The first-order valence-electron chi connectivity index (χ1n) is 14.6. The Morgan fingerprint density at radius 1 is 0.976 bits per heavy atom. The number of hydrogen-bond donors (Lipinski definition) is 1. The van der Waals surface area contributed by atoms with Crippen LogP contribution in [0.3, 0.4) is 0 Å². The first-order chi connectivity index (χ1) is 19.9. The van der Waals surface area contributed by atoms with Crippen molar-refractivity contribution < 1.29 is 14.3 Å². The van der Waals surface area contributed by atoms with Gasteiger partial charge < -0.3 is 24.6 Å². The maximum atomic E-state index is 13.0. The number of benzene rings is 2. The van der Waals surface area contributed by atoms with Crippen LogP contribution in [0.2, 0.25) is 0 Å². The highest BCUT2D eigenvalue weighted by Crippen LogP contribution is 2.35. The number of nitrogens with zero attached hydrogens (tertiary/aromatic N) is 5. The number of likely N-dealkylation sites (tertiary alicyclic amines) is 1. The van der Waals surface area contributed by atoms with Crippen molar-refractivity contribution in [3.63, 3.8) is 0 Å². The molecule has 5 rings (SSSR count). The molecule has 0 radical (unpaired) electrons. The molecule has 3 aromatic rings.